The maximum atomic E-state index is 11.4. The Hall–Kier alpha value is -1.06. The Kier molecular flexibility index (Phi) is 3.92. The number of ether oxygens (including phenoxy) is 1. The molecule has 1 amide bonds. The Balaban J connectivity index is 2.70. The van der Waals surface area contributed by atoms with Crippen LogP contribution < -0.4 is 5.32 Å². The highest BCUT2D eigenvalue weighted by Crippen LogP contribution is 2.20. The summed E-state index contributed by atoms with van der Waals surface area (Å²) in [5.41, 5.74) is 0.600. The molecule has 1 N–H and O–H groups in total. The van der Waals surface area contributed by atoms with Gasteiger partial charge in [-0.2, -0.15) is 0 Å². The van der Waals surface area contributed by atoms with E-state index in [0.717, 1.165) is 0 Å². The van der Waals surface area contributed by atoms with Crippen LogP contribution in [0, 0.1) is 0 Å². The van der Waals surface area contributed by atoms with Crippen molar-refractivity contribution in [2.24, 2.45) is 0 Å². The Morgan fingerprint density at radius 1 is 1.50 bits per heavy atom. The van der Waals surface area contributed by atoms with Crippen LogP contribution in [0.25, 0.3) is 0 Å². The summed E-state index contributed by atoms with van der Waals surface area (Å²) in [6.45, 7) is 1.67. The topological polar surface area (TPSA) is 38.3 Å². The lowest BCUT2D eigenvalue weighted by molar-refractivity contribution is -0.124. The van der Waals surface area contributed by atoms with Gasteiger partial charge in [0.2, 0.25) is 0 Å². The van der Waals surface area contributed by atoms with Crippen LogP contribution in [0.15, 0.2) is 24.3 Å². The van der Waals surface area contributed by atoms with Gasteiger partial charge in [0, 0.05) is 7.11 Å². The van der Waals surface area contributed by atoms with Gasteiger partial charge >= 0.3 is 0 Å². The maximum Gasteiger partial charge on any atom is 0.253 e. The summed E-state index contributed by atoms with van der Waals surface area (Å²) in [4.78, 5) is 11.4. The molecule has 1 rings (SSSR count). The minimum Gasteiger partial charge on any atom is -0.372 e. The molecule has 1 aromatic carbocycles. The van der Waals surface area contributed by atoms with Gasteiger partial charge in [0.15, 0.2) is 0 Å². The Labute approximate surface area is 88.0 Å². The lowest BCUT2D eigenvalue weighted by Crippen LogP contribution is -2.26. The van der Waals surface area contributed by atoms with Crippen molar-refractivity contribution in [3.63, 3.8) is 0 Å². The van der Waals surface area contributed by atoms with Crippen LogP contribution in [0.4, 0.5) is 5.69 Å². The number of para-hydroxylation sites is 1. The molecule has 0 saturated carbocycles. The number of carbonyl (C=O) groups is 1. The molecule has 1 unspecified atom stereocenters. The molecule has 76 valence electrons. The minimum atomic E-state index is -0.480. The molecule has 0 heterocycles. The number of hydrogen-bond donors (Lipinski definition) is 1. The average molecular weight is 214 g/mol. The molecule has 14 heavy (non-hydrogen) atoms. The predicted octanol–water partition coefficient (Wildman–Crippen LogP) is 2.31. The van der Waals surface area contributed by atoms with Crippen LogP contribution in [0.5, 0.6) is 0 Å². The van der Waals surface area contributed by atoms with E-state index in [9.17, 15) is 4.79 Å². The number of hydrogen-bond acceptors (Lipinski definition) is 2. The van der Waals surface area contributed by atoms with Crippen molar-refractivity contribution < 1.29 is 9.53 Å². The van der Waals surface area contributed by atoms with Gasteiger partial charge in [-0.15, -0.1) is 0 Å². The first-order valence-electron chi connectivity index (χ1n) is 4.23. The van der Waals surface area contributed by atoms with Gasteiger partial charge in [-0.25, -0.2) is 0 Å². The Bertz CT molecular complexity index is 328. The summed E-state index contributed by atoms with van der Waals surface area (Å²) in [5, 5.41) is 3.18. The number of benzene rings is 1. The van der Waals surface area contributed by atoms with Crippen LogP contribution >= 0.6 is 11.6 Å². The Morgan fingerprint density at radius 2 is 2.14 bits per heavy atom. The van der Waals surface area contributed by atoms with Crippen molar-refractivity contribution in [3.8, 4) is 0 Å². The SMILES string of the molecule is COC(C)C(=O)Nc1ccccc1Cl. The van der Waals surface area contributed by atoms with E-state index in [4.69, 9.17) is 16.3 Å². The van der Waals surface area contributed by atoms with Gasteiger partial charge in [-0.3, -0.25) is 4.79 Å². The normalized spacial score (nSPS) is 12.2. The molecule has 4 heteroatoms. The molecule has 1 aromatic rings. The van der Waals surface area contributed by atoms with E-state index in [-0.39, 0.29) is 5.91 Å². The molecule has 0 aliphatic heterocycles. The monoisotopic (exact) mass is 213 g/mol. The highest BCUT2D eigenvalue weighted by atomic mass is 35.5. The van der Waals surface area contributed by atoms with Crippen molar-refractivity contribution in [1.29, 1.82) is 0 Å². The van der Waals surface area contributed by atoms with Crippen molar-refractivity contribution in [3.05, 3.63) is 29.3 Å². The average Bonchev–Trinajstić information content (AvgIpc) is 2.20. The standard InChI is InChI=1S/C10H12ClNO2/c1-7(14-2)10(13)12-9-6-4-3-5-8(9)11/h3-7H,1-2H3,(H,12,13). The van der Waals surface area contributed by atoms with Crippen molar-refractivity contribution in [1.82, 2.24) is 0 Å². The highest BCUT2D eigenvalue weighted by molar-refractivity contribution is 6.33. The van der Waals surface area contributed by atoms with E-state index < -0.39 is 6.10 Å². The second-order valence-electron chi connectivity index (χ2n) is 2.85. The quantitative estimate of drug-likeness (QED) is 0.837. The van der Waals surface area contributed by atoms with Crippen molar-refractivity contribution >= 4 is 23.2 Å². The zero-order chi connectivity index (χ0) is 10.6. The van der Waals surface area contributed by atoms with Crippen LogP contribution in [0.2, 0.25) is 5.02 Å². The number of nitrogens with one attached hydrogen (secondary N) is 1. The number of halogens is 1. The second kappa shape index (κ2) is 4.98. The minimum absolute atomic E-state index is 0.208. The van der Waals surface area contributed by atoms with Crippen LogP contribution in [0.3, 0.4) is 0 Å². The summed E-state index contributed by atoms with van der Waals surface area (Å²) < 4.78 is 4.87. The van der Waals surface area contributed by atoms with E-state index in [2.05, 4.69) is 5.32 Å². The highest BCUT2D eigenvalue weighted by Gasteiger charge is 2.12. The van der Waals surface area contributed by atoms with Gasteiger partial charge in [0.1, 0.15) is 6.10 Å². The molecule has 0 radical (unpaired) electrons. The molecule has 3 nitrogen and oxygen atoms in total. The third kappa shape index (κ3) is 2.72. The predicted molar refractivity (Wildman–Crippen MR) is 56.6 cm³/mol. The number of carbonyl (C=O) groups excluding carboxylic acids is 1. The lowest BCUT2D eigenvalue weighted by atomic mass is 10.3. The molecule has 0 aromatic heterocycles. The molecule has 1 atom stereocenters. The molecular formula is C10H12ClNO2. The van der Waals surface area contributed by atoms with Gasteiger partial charge in [0.05, 0.1) is 10.7 Å². The summed E-state index contributed by atoms with van der Waals surface area (Å²) in [6.07, 6.45) is -0.480. The zero-order valence-electron chi connectivity index (χ0n) is 8.08. The molecular weight excluding hydrogens is 202 g/mol. The third-order valence-electron chi connectivity index (χ3n) is 1.85. The van der Waals surface area contributed by atoms with Crippen LogP contribution in [-0.4, -0.2) is 19.1 Å². The zero-order valence-corrected chi connectivity index (χ0v) is 8.84. The first kappa shape index (κ1) is 11.0. The Morgan fingerprint density at radius 3 is 2.71 bits per heavy atom. The summed E-state index contributed by atoms with van der Waals surface area (Å²) in [7, 11) is 1.48. The first-order valence-corrected chi connectivity index (χ1v) is 4.61. The van der Waals surface area contributed by atoms with Crippen LogP contribution in [0.1, 0.15) is 6.92 Å². The maximum absolute atomic E-state index is 11.4. The fourth-order valence-electron chi connectivity index (χ4n) is 0.904. The summed E-state index contributed by atoms with van der Waals surface area (Å²) >= 11 is 5.86. The first-order chi connectivity index (χ1) is 6.65. The summed E-state index contributed by atoms with van der Waals surface area (Å²) in [6, 6.07) is 7.06. The number of amides is 1. The molecule has 0 aliphatic carbocycles. The smallest absolute Gasteiger partial charge is 0.253 e. The van der Waals surface area contributed by atoms with E-state index in [1.807, 2.05) is 0 Å². The summed E-state index contributed by atoms with van der Waals surface area (Å²) in [5.74, 6) is -0.208. The largest absolute Gasteiger partial charge is 0.372 e. The van der Waals surface area contributed by atoms with Gasteiger partial charge < -0.3 is 10.1 Å². The van der Waals surface area contributed by atoms with Gasteiger partial charge in [-0.1, -0.05) is 23.7 Å². The van der Waals surface area contributed by atoms with Crippen LogP contribution in [-0.2, 0) is 9.53 Å². The van der Waals surface area contributed by atoms with Gasteiger partial charge in [-0.05, 0) is 19.1 Å². The van der Waals surface area contributed by atoms with E-state index >= 15 is 0 Å². The van der Waals surface area contributed by atoms with Gasteiger partial charge in [0.25, 0.3) is 5.91 Å². The molecule has 0 saturated heterocycles. The number of anilines is 1. The number of rotatable bonds is 3. The molecule has 0 spiro atoms. The van der Waals surface area contributed by atoms with E-state index in [1.54, 1.807) is 31.2 Å². The fraction of sp³-hybridized carbons (Fsp3) is 0.300. The third-order valence-corrected chi connectivity index (χ3v) is 2.18. The van der Waals surface area contributed by atoms with E-state index in [0.29, 0.717) is 10.7 Å². The lowest BCUT2D eigenvalue weighted by Gasteiger charge is -2.11. The van der Waals surface area contributed by atoms with Crippen molar-refractivity contribution in [2.75, 3.05) is 12.4 Å². The molecule has 0 fully saturated rings. The fourth-order valence-corrected chi connectivity index (χ4v) is 1.09. The van der Waals surface area contributed by atoms with E-state index in [1.165, 1.54) is 7.11 Å². The van der Waals surface area contributed by atoms with Crippen molar-refractivity contribution in [2.45, 2.75) is 13.0 Å². The molecule has 0 aliphatic rings. The number of methoxy groups -OCH3 is 1. The second-order valence-corrected chi connectivity index (χ2v) is 3.25. The molecule has 0 bridgehead atoms.